The molecule has 6 heteroatoms. The van der Waals surface area contributed by atoms with Crippen LogP contribution in [0, 0.1) is 6.92 Å². The maximum atomic E-state index is 11.7. The highest BCUT2D eigenvalue weighted by molar-refractivity contribution is 7.49. The molecule has 1 aromatic carbocycles. The van der Waals surface area contributed by atoms with Crippen LogP contribution in [0.25, 0.3) is 0 Å². The lowest BCUT2D eigenvalue weighted by Crippen LogP contribution is -2.11. The first-order chi connectivity index (χ1) is 7.14. The number of fused-ring (bicyclic) bond motifs is 1. The van der Waals surface area contributed by atoms with Crippen LogP contribution in [0.4, 0.5) is 0 Å². The van der Waals surface area contributed by atoms with E-state index in [1.807, 2.05) is 25.1 Å². The maximum absolute atomic E-state index is 11.7. The minimum absolute atomic E-state index is 0.161. The van der Waals surface area contributed by atoms with E-state index in [0.717, 1.165) is 11.1 Å². The number of hydrogen-bond donors (Lipinski definition) is 1. The van der Waals surface area contributed by atoms with Crippen LogP contribution in [0.5, 0.6) is 5.75 Å². The van der Waals surface area contributed by atoms with Gasteiger partial charge >= 0.3 is 7.82 Å². The van der Waals surface area contributed by atoms with Crippen LogP contribution in [0.1, 0.15) is 11.1 Å². The number of phosphoric acid groups is 1. The van der Waals surface area contributed by atoms with Crippen LogP contribution < -0.4 is 4.52 Å². The number of benzene rings is 1. The lowest BCUT2D eigenvalue weighted by atomic mass is 10.1. The molecule has 0 aromatic heterocycles. The number of aliphatic hydroxyl groups is 1. The highest BCUT2D eigenvalue weighted by Crippen LogP contribution is 2.54. The van der Waals surface area contributed by atoms with Crippen molar-refractivity contribution in [2.45, 2.75) is 13.5 Å². The van der Waals surface area contributed by atoms with Gasteiger partial charge in [0.1, 0.15) is 5.75 Å². The number of aryl methyl sites for hydroxylation is 1. The first kappa shape index (κ1) is 10.6. The summed E-state index contributed by atoms with van der Waals surface area (Å²) < 4.78 is 26.4. The quantitative estimate of drug-likeness (QED) is 0.621. The Bertz CT molecular complexity index is 417. The standard InChI is InChI=1S/C9H11O5P/c1-7-3-2-4-8-5-12-15(11,13-6-10)14-9(7)8/h2-4,10H,5-6H2,1H3. The monoisotopic (exact) mass is 230 g/mol. The van der Waals surface area contributed by atoms with E-state index in [2.05, 4.69) is 4.52 Å². The molecule has 0 saturated carbocycles. The predicted octanol–water partition coefficient (Wildman–Crippen LogP) is 1.98. The summed E-state index contributed by atoms with van der Waals surface area (Å²) in [4.78, 5) is 0. The lowest BCUT2D eigenvalue weighted by molar-refractivity contribution is 0.0474. The van der Waals surface area contributed by atoms with Crippen molar-refractivity contribution in [3.05, 3.63) is 29.3 Å². The third-order valence-corrected chi connectivity index (χ3v) is 3.37. The van der Waals surface area contributed by atoms with Crippen LogP contribution in [0.2, 0.25) is 0 Å². The summed E-state index contributed by atoms with van der Waals surface area (Å²) in [5.41, 5.74) is 1.68. The Morgan fingerprint density at radius 1 is 1.60 bits per heavy atom. The summed E-state index contributed by atoms with van der Waals surface area (Å²) in [5, 5.41) is 8.55. The van der Waals surface area contributed by atoms with Crippen LogP contribution in [-0.2, 0) is 20.2 Å². The molecule has 1 aromatic rings. The summed E-state index contributed by atoms with van der Waals surface area (Å²) in [6.45, 7) is 1.31. The van der Waals surface area contributed by atoms with Gasteiger partial charge in [-0.1, -0.05) is 18.2 Å². The molecule has 1 unspecified atom stereocenters. The molecule has 82 valence electrons. The van der Waals surface area contributed by atoms with Gasteiger partial charge in [-0.2, -0.15) is 0 Å². The molecule has 1 N–H and O–H groups in total. The van der Waals surface area contributed by atoms with E-state index in [0.29, 0.717) is 5.75 Å². The first-order valence-corrected chi connectivity index (χ1v) is 5.89. The third kappa shape index (κ3) is 2.06. The average molecular weight is 230 g/mol. The molecule has 0 spiro atoms. The fraction of sp³-hybridized carbons (Fsp3) is 0.333. The van der Waals surface area contributed by atoms with E-state index in [1.165, 1.54) is 0 Å². The Kier molecular flexibility index (Phi) is 2.80. The van der Waals surface area contributed by atoms with Crippen molar-refractivity contribution in [3.63, 3.8) is 0 Å². The van der Waals surface area contributed by atoms with Gasteiger partial charge < -0.3 is 9.63 Å². The smallest absolute Gasteiger partial charge is 0.403 e. The normalized spacial score (nSPS) is 24.4. The SMILES string of the molecule is Cc1cccc2c1OP(=O)(OCO)OC2. The van der Waals surface area contributed by atoms with Crippen molar-refractivity contribution in [3.8, 4) is 5.75 Å². The van der Waals surface area contributed by atoms with Crippen molar-refractivity contribution in [2.24, 2.45) is 0 Å². The van der Waals surface area contributed by atoms with Gasteiger partial charge in [0.05, 0.1) is 6.61 Å². The lowest BCUT2D eigenvalue weighted by Gasteiger charge is -2.25. The molecule has 5 nitrogen and oxygen atoms in total. The topological polar surface area (TPSA) is 65.0 Å². The molecule has 1 aliphatic heterocycles. The predicted molar refractivity (Wildman–Crippen MR) is 52.4 cm³/mol. The van der Waals surface area contributed by atoms with E-state index in [4.69, 9.17) is 14.2 Å². The number of para-hydroxylation sites is 1. The van der Waals surface area contributed by atoms with Gasteiger partial charge in [-0.25, -0.2) is 9.09 Å². The van der Waals surface area contributed by atoms with Crippen molar-refractivity contribution in [1.82, 2.24) is 0 Å². The third-order valence-electron chi connectivity index (χ3n) is 2.09. The number of phosphoric ester groups is 1. The Morgan fingerprint density at radius 2 is 2.40 bits per heavy atom. The molecular formula is C9H11O5P. The molecule has 1 atom stereocenters. The molecule has 0 saturated heterocycles. The molecule has 0 radical (unpaired) electrons. The van der Waals surface area contributed by atoms with E-state index < -0.39 is 14.6 Å². The maximum Gasteiger partial charge on any atom is 0.532 e. The Balaban J connectivity index is 2.33. The van der Waals surface area contributed by atoms with E-state index in [9.17, 15) is 4.57 Å². The highest BCUT2D eigenvalue weighted by atomic mass is 31.2. The number of aliphatic hydroxyl groups excluding tert-OH is 1. The molecule has 0 amide bonds. The second kappa shape index (κ2) is 3.94. The molecule has 2 rings (SSSR count). The summed E-state index contributed by atoms with van der Waals surface area (Å²) in [7, 11) is -3.62. The van der Waals surface area contributed by atoms with E-state index >= 15 is 0 Å². The molecule has 0 fully saturated rings. The molecule has 1 heterocycles. The summed E-state index contributed by atoms with van der Waals surface area (Å²) in [6, 6.07) is 5.53. The summed E-state index contributed by atoms with van der Waals surface area (Å²) in [5.74, 6) is 0.514. The highest BCUT2D eigenvalue weighted by Gasteiger charge is 2.34. The van der Waals surface area contributed by atoms with Crippen LogP contribution >= 0.6 is 7.82 Å². The molecule has 0 aliphatic carbocycles. The molecule has 15 heavy (non-hydrogen) atoms. The average Bonchev–Trinajstić information content (AvgIpc) is 2.20. The first-order valence-electron chi connectivity index (χ1n) is 4.43. The molecule has 1 aliphatic rings. The van der Waals surface area contributed by atoms with Gasteiger partial charge in [-0.15, -0.1) is 0 Å². The zero-order valence-electron chi connectivity index (χ0n) is 8.17. The van der Waals surface area contributed by atoms with E-state index in [-0.39, 0.29) is 6.61 Å². The van der Waals surface area contributed by atoms with Crippen molar-refractivity contribution in [2.75, 3.05) is 6.79 Å². The van der Waals surface area contributed by atoms with Gasteiger partial charge in [-0.3, -0.25) is 4.52 Å². The van der Waals surface area contributed by atoms with Gasteiger partial charge in [0.2, 0.25) is 0 Å². The van der Waals surface area contributed by atoms with Crippen LogP contribution in [-0.4, -0.2) is 11.9 Å². The van der Waals surface area contributed by atoms with Crippen molar-refractivity contribution >= 4 is 7.82 Å². The fourth-order valence-corrected chi connectivity index (χ4v) is 2.48. The molecule has 0 bridgehead atoms. The fourth-order valence-electron chi connectivity index (χ4n) is 1.38. The number of rotatable bonds is 2. The van der Waals surface area contributed by atoms with Gasteiger partial charge in [-0.05, 0) is 12.5 Å². The van der Waals surface area contributed by atoms with Gasteiger partial charge in [0.15, 0.2) is 6.79 Å². The van der Waals surface area contributed by atoms with Crippen LogP contribution in [0.3, 0.4) is 0 Å². The van der Waals surface area contributed by atoms with E-state index in [1.54, 1.807) is 0 Å². The van der Waals surface area contributed by atoms with Gasteiger partial charge in [0.25, 0.3) is 0 Å². The summed E-state index contributed by atoms with van der Waals surface area (Å²) >= 11 is 0. The minimum atomic E-state index is -3.62. The second-order valence-electron chi connectivity index (χ2n) is 3.13. The van der Waals surface area contributed by atoms with Crippen molar-refractivity contribution in [1.29, 1.82) is 0 Å². The largest absolute Gasteiger partial charge is 0.532 e. The Labute approximate surface area is 87.2 Å². The van der Waals surface area contributed by atoms with Gasteiger partial charge in [0, 0.05) is 5.56 Å². The Morgan fingerprint density at radius 3 is 3.13 bits per heavy atom. The summed E-state index contributed by atoms with van der Waals surface area (Å²) in [6.07, 6.45) is 0. The second-order valence-corrected chi connectivity index (χ2v) is 4.73. The zero-order chi connectivity index (χ0) is 10.9. The van der Waals surface area contributed by atoms with Crippen LogP contribution in [0.15, 0.2) is 18.2 Å². The minimum Gasteiger partial charge on any atom is -0.403 e. The number of hydrogen-bond acceptors (Lipinski definition) is 5. The Hall–Kier alpha value is -0.870. The zero-order valence-corrected chi connectivity index (χ0v) is 9.07. The molecular weight excluding hydrogens is 219 g/mol. The van der Waals surface area contributed by atoms with Crippen molar-refractivity contribution < 1.29 is 23.2 Å².